The fourth-order valence-corrected chi connectivity index (χ4v) is 3.51. The minimum absolute atomic E-state index is 0.0410. The van der Waals surface area contributed by atoms with Crippen LogP contribution >= 0.6 is 0 Å². The second-order valence-corrected chi connectivity index (χ2v) is 7.15. The van der Waals surface area contributed by atoms with E-state index >= 15 is 0 Å². The Balaban J connectivity index is 1.56. The number of pyridine rings is 1. The molecule has 1 aromatic heterocycles. The van der Waals surface area contributed by atoms with Crippen molar-refractivity contribution in [3.8, 4) is 0 Å². The van der Waals surface area contributed by atoms with Gasteiger partial charge in [0.2, 0.25) is 5.91 Å². The van der Waals surface area contributed by atoms with Gasteiger partial charge in [0.15, 0.2) is 5.78 Å². The van der Waals surface area contributed by atoms with Crippen LogP contribution in [0.1, 0.15) is 22.5 Å². The summed E-state index contributed by atoms with van der Waals surface area (Å²) in [7, 11) is 0. The van der Waals surface area contributed by atoms with Gasteiger partial charge in [0.05, 0.1) is 12.1 Å². The van der Waals surface area contributed by atoms with Crippen LogP contribution in [0.4, 0.5) is 0 Å². The van der Waals surface area contributed by atoms with Crippen LogP contribution < -0.4 is 5.32 Å². The molecule has 3 aromatic rings. The number of hydrogen-bond acceptors (Lipinski definition) is 4. The molecule has 146 valence electrons. The zero-order valence-electron chi connectivity index (χ0n) is 15.9. The number of benzene rings is 2. The number of carbonyl (C=O) groups is 3. The Morgan fingerprint density at radius 1 is 1.00 bits per heavy atom. The summed E-state index contributed by atoms with van der Waals surface area (Å²) in [6, 6.07) is 19.8. The van der Waals surface area contributed by atoms with Gasteiger partial charge >= 0.3 is 0 Å². The van der Waals surface area contributed by atoms with Gasteiger partial charge in [-0.25, -0.2) is 4.98 Å². The van der Waals surface area contributed by atoms with Crippen molar-refractivity contribution in [1.82, 2.24) is 15.2 Å². The van der Waals surface area contributed by atoms with Crippen molar-refractivity contribution in [1.29, 1.82) is 0 Å². The Labute approximate surface area is 168 Å². The monoisotopic (exact) mass is 387 g/mol. The molecule has 0 radical (unpaired) electrons. The summed E-state index contributed by atoms with van der Waals surface area (Å²) in [6.07, 6.45) is 0.716. The average Bonchev–Trinajstić information content (AvgIpc) is 3.19. The van der Waals surface area contributed by atoms with Gasteiger partial charge in [-0.05, 0) is 17.7 Å². The maximum Gasteiger partial charge on any atom is 0.270 e. The Morgan fingerprint density at radius 2 is 1.76 bits per heavy atom. The van der Waals surface area contributed by atoms with Crippen molar-refractivity contribution in [3.05, 3.63) is 78.0 Å². The van der Waals surface area contributed by atoms with Crippen LogP contribution in [0.5, 0.6) is 0 Å². The van der Waals surface area contributed by atoms with Gasteiger partial charge in [-0.2, -0.15) is 0 Å². The van der Waals surface area contributed by atoms with Gasteiger partial charge in [0.1, 0.15) is 11.7 Å². The van der Waals surface area contributed by atoms with E-state index in [-0.39, 0.29) is 23.9 Å². The van der Waals surface area contributed by atoms with Crippen LogP contribution in [0.2, 0.25) is 0 Å². The van der Waals surface area contributed by atoms with Crippen LogP contribution in [0.25, 0.3) is 10.9 Å². The molecule has 1 unspecified atom stereocenters. The molecular formula is C23H21N3O3. The molecule has 1 aliphatic rings. The first-order valence-corrected chi connectivity index (χ1v) is 9.61. The first kappa shape index (κ1) is 18.8. The lowest BCUT2D eigenvalue weighted by Crippen LogP contribution is -2.49. The van der Waals surface area contributed by atoms with Crippen LogP contribution in [0, 0.1) is 0 Å². The molecule has 0 aliphatic carbocycles. The molecule has 1 aliphatic heterocycles. The number of para-hydroxylation sites is 1. The second kappa shape index (κ2) is 8.22. The molecule has 6 heteroatoms. The summed E-state index contributed by atoms with van der Waals surface area (Å²) in [6.45, 7) is 0.501. The van der Waals surface area contributed by atoms with E-state index in [1.54, 1.807) is 6.07 Å². The summed E-state index contributed by atoms with van der Waals surface area (Å²) in [5, 5.41) is 3.78. The van der Waals surface area contributed by atoms with Gasteiger partial charge in [-0.3, -0.25) is 14.4 Å². The standard InChI is InChI=1S/C23H21N3O3/c27-18-12-13-26(15-18)23(29)21(14-16-6-2-1-3-7-16)25-22(28)20-11-10-17-8-4-5-9-19(17)24-20/h1-11,21H,12-15H2,(H,25,28). The molecule has 2 amide bonds. The van der Waals surface area contributed by atoms with Crippen LogP contribution in [-0.2, 0) is 16.0 Å². The van der Waals surface area contributed by atoms with Gasteiger partial charge in [0.25, 0.3) is 5.91 Å². The number of aromatic nitrogens is 1. The smallest absolute Gasteiger partial charge is 0.270 e. The Hall–Kier alpha value is -3.54. The van der Waals surface area contributed by atoms with Crippen LogP contribution in [0.15, 0.2) is 66.7 Å². The molecule has 1 atom stereocenters. The number of nitrogens with zero attached hydrogens (tertiary/aromatic N) is 2. The van der Waals surface area contributed by atoms with Crippen molar-refractivity contribution in [2.45, 2.75) is 18.9 Å². The lowest BCUT2D eigenvalue weighted by molar-refractivity contribution is -0.133. The highest BCUT2D eigenvalue weighted by Gasteiger charge is 2.31. The van der Waals surface area contributed by atoms with E-state index in [4.69, 9.17) is 0 Å². The lowest BCUT2D eigenvalue weighted by atomic mass is 10.0. The molecule has 1 fully saturated rings. The summed E-state index contributed by atoms with van der Waals surface area (Å²) in [4.78, 5) is 43.4. The normalized spacial score (nSPS) is 14.8. The highest BCUT2D eigenvalue weighted by molar-refractivity contribution is 5.99. The number of Topliss-reactive ketones (excluding diaryl/α,β-unsaturated/α-hetero) is 1. The highest BCUT2D eigenvalue weighted by atomic mass is 16.2. The minimum Gasteiger partial charge on any atom is -0.339 e. The van der Waals surface area contributed by atoms with E-state index in [0.717, 1.165) is 16.5 Å². The molecule has 1 N–H and O–H groups in total. The predicted molar refractivity (Wildman–Crippen MR) is 109 cm³/mol. The topological polar surface area (TPSA) is 79.4 Å². The summed E-state index contributed by atoms with van der Waals surface area (Å²) in [5.74, 6) is -0.608. The zero-order valence-corrected chi connectivity index (χ0v) is 15.9. The van der Waals surface area contributed by atoms with E-state index in [1.807, 2.05) is 60.7 Å². The molecule has 4 rings (SSSR count). The van der Waals surface area contributed by atoms with E-state index in [9.17, 15) is 14.4 Å². The second-order valence-electron chi connectivity index (χ2n) is 7.15. The van der Waals surface area contributed by atoms with Gasteiger partial charge in [-0.15, -0.1) is 0 Å². The molecule has 2 heterocycles. The third-order valence-electron chi connectivity index (χ3n) is 5.06. The number of amides is 2. The van der Waals surface area contributed by atoms with Crippen molar-refractivity contribution < 1.29 is 14.4 Å². The first-order valence-electron chi connectivity index (χ1n) is 9.61. The molecule has 2 aromatic carbocycles. The number of carbonyl (C=O) groups excluding carboxylic acids is 3. The quantitative estimate of drug-likeness (QED) is 0.729. The number of hydrogen-bond donors (Lipinski definition) is 1. The molecule has 29 heavy (non-hydrogen) atoms. The number of likely N-dealkylation sites (tertiary alicyclic amines) is 1. The van der Waals surface area contributed by atoms with E-state index in [2.05, 4.69) is 10.3 Å². The van der Waals surface area contributed by atoms with Gasteiger partial charge in [-0.1, -0.05) is 54.6 Å². The SMILES string of the molecule is O=C1CCN(C(=O)C(Cc2ccccc2)NC(=O)c2ccc3ccccc3n2)C1. The average molecular weight is 387 g/mol. The van der Waals surface area contributed by atoms with Crippen molar-refractivity contribution in [2.24, 2.45) is 0 Å². The van der Waals surface area contributed by atoms with Crippen LogP contribution in [0.3, 0.4) is 0 Å². The van der Waals surface area contributed by atoms with E-state index < -0.39 is 11.9 Å². The van der Waals surface area contributed by atoms with Crippen molar-refractivity contribution >= 4 is 28.5 Å². The summed E-state index contributed by atoms with van der Waals surface area (Å²) < 4.78 is 0. The predicted octanol–water partition coefficient (Wildman–Crippen LogP) is 2.38. The zero-order chi connectivity index (χ0) is 20.2. The molecule has 0 bridgehead atoms. The van der Waals surface area contributed by atoms with Gasteiger partial charge < -0.3 is 10.2 Å². The Kier molecular flexibility index (Phi) is 5.33. The maximum atomic E-state index is 13.0. The summed E-state index contributed by atoms with van der Waals surface area (Å²) >= 11 is 0. The first-order chi connectivity index (χ1) is 14.1. The molecule has 0 spiro atoms. The molecular weight excluding hydrogens is 366 g/mol. The highest BCUT2D eigenvalue weighted by Crippen LogP contribution is 2.14. The Morgan fingerprint density at radius 3 is 2.52 bits per heavy atom. The number of rotatable bonds is 5. The largest absolute Gasteiger partial charge is 0.339 e. The third-order valence-corrected chi connectivity index (χ3v) is 5.06. The fraction of sp³-hybridized carbons (Fsp3) is 0.217. The molecule has 0 saturated carbocycles. The number of nitrogens with one attached hydrogen (secondary N) is 1. The number of ketones is 1. The van der Waals surface area contributed by atoms with Crippen molar-refractivity contribution in [3.63, 3.8) is 0 Å². The lowest BCUT2D eigenvalue weighted by Gasteiger charge is -2.23. The van der Waals surface area contributed by atoms with Gasteiger partial charge in [0, 0.05) is 24.8 Å². The molecule has 6 nitrogen and oxygen atoms in total. The summed E-state index contributed by atoms with van der Waals surface area (Å²) in [5.41, 5.74) is 1.91. The third kappa shape index (κ3) is 4.32. The molecule has 1 saturated heterocycles. The van der Waals surface area contributed by atoms with E-state index in [1.165, 1.54) is 4.90 Å². The minimum atomic E-state index is -0.760. The van der Waals surface area contributed by atoms with E-state index in [0.29, 0.717) is 19.4 Å². The Bertz CT molecular complexity index is 1070. The maximum absolute atomic E-state index is 13.0. The fourth-order valence-electron chi connectivity index (χ4n) is 3.51. The number of fused-ring (bicyclic) bond motifs is 1. The van der Waals surface area contributed by atoms with Crippen LogP contribution in [-0.4, -0.2) is 46.6 Å². The van der Waals surface area contributed by atoms with Crippen molar-refractivity contribution in [2.75, 3.05) is 13.1 Å².